The molecule has 1 aromatic heterocycles. The van der Waals surface area contributed by atoms with Gasteiger partial charge in [0.05, 0.1) is 11.0 Å². The Morgan fingerprint density at radius 1 is 0.963 bits per heavy atom. The number of benzene rings is 2. The Morgan fingerprint density at radius 2 is 1.59 bits per heavy atom. The molecule has 5 nitrogen and oxygen atoms in total. The number of aromatic nitrogens is 2. The van der Waals surface area contributed by atoms with Gasteiger partial charge in [-0.25, -0.2) is 4.79 Å². The maximum atomic E-state index is 12.6. The Balaban J connectivity index is 1.58. The minimum Gasteiger partial charge on any atom is -0.346 e. The van der Waals surface area contributed by atoms with Gasteiger partial charge in [0.25, 0.3) is 0 Å². The molecule has 0 aliphatic rings. The maximum absolute atomic E-state index is 12.6. The molecule has 0 atom stereocenters. The van der Waals surface area contributed by atoms with Crippen molar-refractivity contribution >= 4 is 16.9 Å². The van der Waals surface area contributed by atoms with E-state index in [0.29, 0.717) is 19.5 Å². The summed E-state index contributed by atoms with van der Waals surface area (Å²) in [6.45, 7) is 3.72. The smallest absolute Gasteiger partial charge is 0.329 e. The number of para-hydroxylation sites is 2. The molecule has 0 saturated heterocycles. The zero-order valence-electron chi connectivity index (χ0n) is 16.1. The summed E-state index contributed by atoms with van der Waals surface area (Å²) in [7, 11) is 1.84. The average Bonchev–Trinajstić information content (AvgIpc) is 2.97. The minimum atomic E-state index is -0.0433. The molecular weight excluding hydrogens is 338 g/mol. The zero-order valence-corrected chi connectivity index (χ0v) is 16.1. The number of nitrogens with zero attached hydrogens (tertiary/aromatic N) is 3. The Bertz CT molecular complexity index is 957. The summed E-state index contributed by atoms with van der Waals surface area (Å²) in [5.74, 6) is 0.0725. The predicted octanol–water partition coefficient (Wildman–Crippen LogP) is 3.30. The number of fused-ring (bicyclic) bond motifs is 1. The number of amides is 1. The van der Waals surface area contributed by atoms with Crippen molar-refractivity contribution in [2.75, 3.05) is 13.6 Å². The van der Waals surface area contributed by atoms with Crippen LogP contribution in [-0.2, 0) is 24.3 Å². The lowest BCUT2D eigenvalue weighted by Crippen LogP contribution is -2.31. The van der Waals surface area contributed by atoms with E-state index in [1.165, 1.54) is 5.56 Å². The van der Waals surface area contributed by atoms with Gasteiger partial charge in [-0.3, -0.25) is 13.9 Å². The third kappa shape index (κ3) is 4.30. The molecule has 0 N–H and O–H groups in total. The topological polar surface area (TPSA) is 47.2 Å². The average molecular weight is 365 g/mol. The summed E-state index contributed by atoms with van der Waals surface area (Å²) in [5.41, 5.74) is 3.06. The van der Waals surface area contributed by atoms with Crippen molar-refractivity contribution in [2.24, 2.45) is 0 Å². The van der Waals surface area contributed by atoms with Crippen LogP contribution in [0.2, 0.25) is 0 Å². The summed E-state index contributed by atoms with van der Waals surface area (Å²) in [6, 6.07) is 18.1. The van der Waals surface area contributed by atoms with Crippen molar-refractivity contribution < 1.29 is 4.79 Å². The largest absolute Gasteiger partial charge is 0.346 e. The fourth-order valence-corrected chi connectivity index (χ4v) is 3.48. The molecule has 0 saturated carbocycles. The highest BCUT2D eigenvalue weighted by Crippen LogP contribution is 2.13. The van der Waals surface area contributed by atoms with E-state index in [4.69, 9.17) is 0 Å². The highest BCUT2D eigenvalue weighted by atomic mass is 16.2. The van der Waals surface area contributed by atoms with Gasteiger partial charge < -0.3 is 4.90 Å². The second-order valence-corrected chi connectivity index (χ2v) is 6.82. The first kappa shape index (κ1) is 19.0. The zero-order chi connectivity index (χ0) is 19.2. The predicted molar refractivity (Wildman–Crippen MR) is 109 cm³/mol. The second kappa shape index (κ2) is 8.71. The van der Waals surface area contributed by atoms with Crippen LogP contribution in [0, 0.1) is 0 Å². The van der Waals surface area contributed by atoms with Crippen molar-refractivity contribution in [3.8, 4) is 0 Å². The molecule has 2 aromatic carbocycles. The third-order valence-electron chi connectivity index (χ3n) is 5.02. The lowest BCUT2D eigenvalue weighted by molar-refractivity contribution is -0.130. The van der Waals surface area contributed by atoms with Crippen LogP contribution in [0.3, 0.4) is 0 Å². The van der Waals surface area contributed by atoms with Crippen LogP contribution in [0.4, 0.5) is 0 Å². The molecule has 27 heavy (non-hydrogen) atoms. The first-order valence-corrected chi connectivity index (χ1v) is 9.57. The van der Waals surface area contributed by atoms with E-state index in [2.05, 4.69) is 12.1 Å². The standard InChI is InChI=1S/C22H27N3O2/c1-3-24-19-13-7-8-14-20(19)25(22(24)27)17-15-21(26)23(2)16-9-12-18-10-5-4-6-11-18/h4-8,10-11,13-14H,3,9,12,15-17H2,1-2H3. The lowest BCUT2D eigenvalue weighted by atomic mass is 10.1. The van der Waals surface area contributed by atoms with Gasteiger partial charge in [0.15, 0.2) is 0 Å². The molecule has 0 radical (unpaired) electrons. The highest BCUT2D eigenvalue weighted by molar-refractivity contribution is 5.78. The molecule has 1 heterocycles. The second-order valence-electron chi connectivity index (χ2n) is 6.82. The van der Waals surface area contributed by atoms with Crippen LogP contribution >= 0.6 is 0 Å². The van der Waals surface area contributed by atoms with Crippen LogP contribution in [0.15, 0.2) is 59.4 Å². The first-order valence-electron chi connectivity index (χ1n) is 9.57. The molecule has 0 fully saturated rings. The van der Waals surface area contributed by atoms with E-state index < -0.39 is 0 Å². The van der Waals surface area contributed by atoms with Crippen LogP contribution in [0.1, 0.15) is 25.3 Å². The van der Waals surface area contributed by atoms with Gasteiger partial charge in [-0.15, -0.1) is 0 Å². The fraction of sp³-hybridized carbons (Fsp3) is 0.364. The van der Waals surface area contributed by atoms with Gasteiger partial charge in [0.2, 0.25) is 5.91 Å². The van der Waals surface area contributed by atoms with Crippen molar-refractivity contribution in [3.63, 3.8) is 0 Å². The molecule has 0 spiro atoms. The number of imidazole rings is 1. The van der Waals surface area contributed by atoms with Gasteiger partial charge in [0.1, 0.15) is 0 Å². The molecule has 3 aromatic rings. The van der Waals surface area contributed by atoms with Crippen LogP contribution in [-0.4, -0.2) is 33.5 Å². The third-order valence-corrected chi connectivity index (χ3v) is 5.02. The van der Waals surface area contributed by atoms with Gasteiger partial charge >= 0.3 is 5.69 Å². The number of aryl methyl sites for hydroxylation is 3. The molecule has 0 unspecified atom stereocenters. The van der Waals surface area contributed by atoms with E-state index in [1.807, 2.05) is 56.4 Å². The monoisotopic (exact) mass is 365 g/mol. The minimum absolute atomic E-state index is 0.0433. The van der Waals surface area contributed by atoms with Gasteiger partial charge in [-0.05, 0) is 37.5 Å². The van der Waals surface area contributed by atoms with Crippen LogP contribution < -0.4 is 5.69 Å². The summed E-state index contributed by atoms with van der Waals surface area (Å²) in [4.78, 5) is 26.9. The van der Waals surface area contributed by atoms with Crippen molar-refractivity contribution in [2.45, 2.75) is 39.3 Å². The van der Waals surface area contributed by atoms with E-state index in [1.54, 1.807) is 14.0 Å². The van der Waals surface area contributed by atoms with Crippen molar-refractivity contribution in [3.05, 3.63) is 70.6 Å². The number of rotatable bonds is 8. The number of hydrogen-bond acceptors (Lipinski definition) is 2. The van der Waals surface area contributed by atoms with E-state index >= 15 is 0 Å². The van der Waals surface area contributed by atoms with Gasteiger partial charge in [-0.2, -0.15) is 0 Å². The van der Waals surface area contributed by atoms with Gasteiger partial charge in [-0.1, -0.05) is 42.5 Å². The molecule has 3 rings (SSSR count). The SMILES string of the molecule is CCn1c(=O)n(CCC(=O)N(C)CCCc2ccccc2)c2ccccc21. The van der Waals surface area contributed by atoms with E-state index in [0.717, 1.165) is 30.4 Å². The van der Waals surface area contributed by atoms with Crippen LogP contribution in [0.25, 0.3) is 11.0 Å². The van der Waals surface area contributed by atoms with Crippen molar-refractivity contribution in [1.29, 1.82) is 0 Å². The first-order chi connectivity index (χ1) is 13.1. The molecule has 0 bridgehead atoms. The fourth-order valence-electron chi connectivity index (χ4n) is 3.48. The Labute approximate surface area is 159 Å². The molecular formula is C22H27N3O2. The number of hydrogen-bond donors (Lipinski definition) is 0. The maximum Gasteiger partial charge on any atom is 0.329 e. The van der Waals surface area contributed by atoms with E-state index in [-0.39, 0.29) is 11.6 Å². The van der Waals surface area contributed by atoms with E-state index in [9.17, 15) is 9.59 Å². The normalized spacial score (nSPS) is 11.0. The van der Waals surface area contributed by atoms with Gasteiger partial charge in [0, 0.05) is 33.1 Å². The Kier molecular flexibility index (Phi) is 6.12. The summed E-state index contributed by atoms with van der Waals surface area (Å²) < 4.78 is 3.47. The highest BCUT2D eigenvalue weighted by Gasteiger charge is 2.14. The summed E-state index contributed by atoms with van der Waals surface area (Å²) >= 11 is 0. The molecule has 0 aliphatic carbocycles. The van der Waals surface area contributed by atoms with Crippen LogP contribution in [0.5, 0.6) is 0 Å². The molecule has 142 valence electrons. The van der Waals surface area contributed by atoms with Crippen molar-refractivity contribution in [1.82, 2.24) is 14.0 Å². The summed E-state index contributed by atoms with van der Waals surface area (Å²) in [6.07, 6.45) is 2.22. The molecule has 5 heteroatoms. The Morgan fingerprint density at radius 3 is 2.26 bits per heavy atom. The quantitative estimate of drug-likeness (QED) is 0.615. The number of carbonyl (C=O) groups excluding carboxylic acids is 1. The molecule has 1 amide bonds. The number of carbonyl (C=O) groups is 1. The summed E-state index contributed by atoms with van der Waals surface area (Å²) in [5, 5.41) is 0. The molecule has 0 aliphatic heterocycles. The Hall–Kier alpha value is -2.82. The lowest BCUT2D eigenvalue weighted by Gasteiger charge is -2.17.